The molecule has 2 aromatic carbocycles. The number of aliphatic hydroxyl groups excluding tert-OH is 1. The van der Waals surface area contributed by atoms with Crippen molar-refractivity contribution in [2.75, 3.05) is 12.0 Å². The Hall–Kier alpha value is -3.38. The van der Waals surface area contributed by atoms with Crippen molar-refractivity contribution in [3.05, 3.63) is 87.1 Å². The standard InChI is InChI=1S/C24H21NO4S/c1-14-7-6-8-16(13-14)25-20(23-15(2)11-12-30-23)19(22(27)24(25)28)21(26)17-9-4-5-10-18(17)29-3/h4-13,20,26H,1-3H3/b21-19-. The topological polar surface area (TPSA) is 66.8 Å². The second kappa shape index (κ2) is 7.80. The first-order valence-corrected chi connectivity index (χ1v) is 10.4. The second-order valence-corrected chi connectivity index (χ2v) is 8.12. The zero-order valence-corrected chi connectivity index (χ0v) is 17.7. The first-order chi connectivity index (χ1) is 14.4. The van der Waals surface area contributed by atoms with Crippen LogP contribution in [-0.4, -0.2) is 23.9 Å². The van der Waals surface area contributed by atoms with Crippen LogP contribution in [0.3, 0.4) is 0 Å². The van der Waals surface area contributed by atoms with E-state index in [0.717, 1.165) is 16.0 Å². The van der Waals surface area contributed by atoms with Gasteiger partial charge in [-0.3, -0.25) is 14.5 Å². The summed E-state index contributed by atoms with van der Waals surface area (Å²) in [6, 6.07) is 15.6. The van der Waals surface area contributed by atoms with Crippen molar-refractivity contribution in [2.45, 2.75) is 19.9 Å². The van der Waals surface area contributed by atoms with Crippen molar-refractivity contribution < 1.29 is 19.4 Å². The Labute approximate surface area is 178 Å². The third kappa shape index (κ3) is 3.19. The summed E-state index contributed by atoms with van der Waals surface area (Å²) in [6.07, 6.45) is 0. The quantitative estimate of drug-likeness (QED) is 0.367. The lowest BCUT2D eigenvalue weighted by Crippen LogP contribution is -2.29. The summed E-state index contributed by atoms with van der Waals surface area (Å²) in [4.78, 5) is 28.6. The number of anilines is 1. The number of thiophene rings is 1. The molecule has 0 spiro atoms. The number of benzene rings is 2. The molecule has 1 fully saturated rings. The number of para-hydroxylation sites is 1. The van der Waals surface area contributed by atoms with Crippen LogP contribution >= 0.6 is 11.3 Å². The summed E-state index contributed by atoms with van der Waals surface area (Å²) in [5, 5.41) is 13.1. The van der Waals surface area contributed by atoms with Gasteiger partial charge in [-0.15, -0.1) is 11.3 Å². The fourth-order valence-corrected chi connectivity index (χ4v) is 4.80. The average Bonchev–Trinajstić information content (AvgIpc) is 3.28. The molecule has 2 heterocycles. The number of nitrogens with zero attached hydrogens (tertiary/aromatic N) is 1. The van der Waals surface area contributed by atoms with Crippen LogP contribution in [0, 0.1) is 13.8 Å². The summed E-state index contributed by atoms with van der Waals surface area (Å²) in [5.41, 5.74) is 2.99. The van der Waals surface area contributed by atoms with Gasteiger partial charge in [0, 0.05) is 10.6 Å². The Kier molecular flexibility index (Phi) is 5.18. The highest BCUT2D eigenvalue weighted by Crippen LogP contribution is 2.45. The van der Waals surface area contributed by atoms with E-state index in [2.05, 4.69) is 0 Å². The number of hydrogen-bond acceptors (Lipinski definition) is 5. The molecular weight excluding hydrogens is 398 g/mol. The molecule has 0 radical (unpaired) electrons. The van der Waals surface area contributed by atoms with Gasteiger partial charge in [0.05, 0.1) is 18.2 Å². The van der Waals surface area contributed by atoms with E-state index in [4.69, 9.17) is 4.74 Å². The zero-order chi connectivity index (χ0) is 21.4. The van der Waals surface area contributed by atoms with Crippen molar-refractivity contribution in [3.63, 3.8) is 0 Å². The maximum Gasteiger partial charge on any atom is 0.300 e. The van der Waals surface area contributed by atoms with Gasteiger partial charge in [0.15, 0.2) is 0 Å². The molecule has 0 bridgehead atoms. The van der Waals surface area contributed by atoms with E-state index in [1.54, 1.807) is 30.3 Å². The number of carbonyl (C=O) groups excluding carboxylic acids is 2. The van der Waals surface area contributed by atoms with Crippen LogP contribution in [-0.2, 0) is 9.59 Å². The SMILES string of the molecule is COc1ccccc1/C(O)=C1/C(=O)C(=O)N(c2cccc(C)c2)C1c1sccc1C. The molecule has 0 saturated carbocycles. The molecule has 3 aromatic rings. The third-order valence-electron chi connectivity index (χ3n) is 5.24. The minimum Gasteiger partial charge on any atom is -0.507 e. The molecular formula is C24H21NO4S. The number of aliphatic hydroxyl groups is 1. The van der Waals surface area contributed by atoms with E-state index < -0.39 is 17.7 Å². The van der Waals surface area contributed by atoms with Gasteiger partial charge in [-0.05, 0) is 60.7 Å². The highest BCUT2D eigenvalue weighted by molar-refractivity contribution is 7.10. The summed E-state index contributed by atoms with van der Waals surface area (Å²) >= 11 is 1.46. The lowest BCUT2D eigenvalue weighted by Gasteiger charge is -2.25. The Morgan fingerprint density at radius 2 is 1.83 bits per heavy atom. The minimum atomic E-state index is -0.711. The van der Waals surface area contributed by atoms with Crippen LogP contribution in [0.25, 0.3) is 5.76 Å². The van der Waals surface area contributed by atoms with Crippen LogP contribution in [0.4, 0.5) is 5.69 Å². The molecule has 0 aliphatic carbocycles. The van der Waals surface area contributed by atoms with Crippen LogP contribution in [0.2, 0.25) is 0 Å². The van der Waals surface area contributed by atoms with Gasteiger partial charge in [0.25, 0.3) is 11.7 Å². The normalized spacial score (nSPS) is 18.1. The Balaban J connectivity index is 1.99. The van der Waals surface area contributed by atoms with Crippen LogP contribution in [0.5, 0.6) is 5.75 Å². The number of Topliss-reactive ketones (excluding diaryl/α,β-unsaturated/α-hetero) is 1. The molecule has 5 nitrogen and oxygen atoms in total. The molecule has 1 saturated heterocycles. The highest BCUT2D eigenvalue weighted by Gasteiger charge is 2.48. The maximum absolute atomic E-state index is 13.2. The summed E-state index contributed by atoms with van der Waals surface area (Å²) < 4.78 is 5.36. The third-order valence-corrected chi connectivity index (χ3v) is 6.31. The molecule has 6 heteroatoms. The van der Waals surface area contributed by atoms with E-state index in [1.807, 2.05) is 43.5 Å². The minimum absolute atomic E-state index is 0.0663. The van der Waals surface area contributed by atoms with Gasteiger partial charge >= 0.3 is 0 Å². The Morgan fingerprint density at radius 3 is 2.50 bits per heavy atom. The van der Waals surface area contributed by atoms with Crippen molar-refractivity contribution in [1.82, 2.24) is 0 Å². The largest absolute Gasteiger partial charge is 0.507 e. The van der Waals surface area contributed by atoms with Crippen LogP contribution < -0.4 is 9.64 Å². The molecule has 30 heavy (non-hydrogen) atoms. The predicted octanol–water partition coefficient (Wildman–Crippen LogP) is 5.00. The fourth-order valence-electron chi connectivity index (χ4n) is 3.77. The predicted molar refractivity (Wildman–Crippen MR) is 118 cm³/mol. The van der Waals surface area contributed by atoms with Crippen molar-refractivity contribution in [3.8, 4) is 5.75 Å². The number of amides is 1. The lowest BCUT2D eigenvalue weighted by molar-refractivity contribution is -0.132. The lowest BCUT2D eigenvalue weighted by atomic mass is 9.97. The smallest absolute Gasteiger partial charge is 0.300 e. The van der Waals surface area contributed by atoms with Gasteiger partial charge in [0.2, 0.25) is 0 Å². The van der Waals surface area contributed by atoms with Crippen molar-refractivity contribution >= 4 is 34.5 Å². The van der Waals surface area contributed by atoms with Gasteiger partial charge in [-0.1, -0.05) is 24.3 Å². The Morgan fingerprint density at radius 1 is 1.07 bits per heavy atom. The Bertz CT molecular complexity index is 1180. The molecule has 1 aromatic heterocycles. The van der Waals surface area contributed by atoms with Gasteiger partial charge in [-0.25, -0.2) is 0 Å². The first kappa shape index (κ1) is 19.9. The summed E-state index contributed by atoms with van der Waals surface area (Å²) in [7, 11) is 1.50. The van der Waals surface area contributed by atoms with Gasteiger partial charge in [-0.2, -0.15) is 0 Å². The molecule has 1 aliphatic rings. The number of methoxy groups -OCH3 is 1. The highest BCUT2D eigenvalue weighted by atomic mass is 32.1. The number of hydrogen-bond donors (Lipinski definition) is 1. The zero-order valence-electron chi connectivity index (χ0n) is 16.9. The van der Waals surface area contributed by atoms with Gasteiger partial charge in [0.1, 0.15) is 17.6 Å². The second-order valence-electron chi connectivity index (χ2n) is 7.18. The number of aryl methyl sites for hydroxylation is 2. The van der Waals surface area contributed by atoms with Crippen LogP contribution in [0.1, 0.15) is 27.6 Å². The van der Waals surface area contributed by atoms with E-state index in [1.165, 1.54) is 23.3 Å². The summed E-state index contributed by atoms with van der Waals surface area (Å²) in [5.74, 6) is -1.18. The number of ether oxygens (including phenoxy) is 1. The molecule has 1 aliphatic heterocycles. The van der Waals surface area contributed by atoms with Crippen molar-refractivity contribution in [1.29, 1.82) is 0 Å². The fraction of sp³-hybridized carbons (Fsp3) is 0.167. The average molecular weight is 420 g/mol. The number of ketones is 1. The maximum atomic E-state index is 13.2. The van der Waals surface area contributed by atoms with E-state index in [0.29, 0.717) is 17.0 Å². The van der Waals surface area contributed by atoms with Gasteiger partial charge < -0.3 is 9.84 Å². The molecule has 1 atom stereocenters. The molecule has 1 unspecified atom stereocenters. The number of carbonyl (C=O) groups is 2. The molecule has 152 valence electrons. The van der Waals surface area contributed by atoms with Crippen LogP contribution in [0.15, 0.2) is 65.6 Å². The van der Waals surface area contributed by atoms with E-state index >= 15 is 0 Å². The first-order valence-electron chi connectivity index (χ1n) is 9.49. The van der Waals surface area contributed by atoms with Crippen molar-refractivity contribution in [2.24, 2.45) is 0 Å². The molecule has 1 amide bonds. The van der Waals surface area contributed by atoms with E-state index in [9.17, 15) is 14.7 Å². The molecule has 4 rings (SSSR count). The van der Waals surface area contributed by atoms with E-state index in [-0.39, 0.29) is 11.3 Å². The number of rotatable bonds is 4. The monoisotopic (exact) mass is 419 g/mol. The molecule has 1 N–H and O–H groups in total. The summed E-state index contributed by atoms with van der Waals surface area (Å²) in [6.45, 7) is 3.87.